The van der Waals surface area contributed by atoms with Gasteiger partial charge >= 0.3 is 0 Å². The van der Waals surface area contributed by atoms with Gasteiger partial charge in [-0.1, -0.05) is 27.2 Å². The first-order valence-electron chi connectivity index (χ1n) is 7.82. The summed E-state index contributed by atoms with van der Waals surface area (Å²) in [6.07, 6.45) is 3.73. The molecular weight excluding hydrogens is 284 g/mol. The summed E-state index contributed by atoms with van der Waals surface area (Å²) >= 11 is 1.60. The Labute approximate surface area is 130 Å². The van der Waals surface area contributed by atoms with Crippen molar-refractivity contribution in [3.63, 3.8) is 0 Å². The molecule has 4 nitrogen and oxygen atoms in total. The van der Waals surface area contributed by atoms with E-state index in [1.165, 1.54) is 10.4 Å². The Morgan fingerprint density at radius 1 is 1.43 bits per heavy atom. The average molecular weight is 308 g/mol. The first-order valence-corrected chi connectivity index (χ1v) is 8.64. The third-order valence-corrected chi connectivity index (χ3v) is 5.17. The molecular formula is C16H24N2O2S. The van der Waals surface area contributed by atoms with Gasteiger partial charge < -0.3 is 10.2 Å². The number of hydrogen-bond donors (Lipinski definition) is 1. The van der Waals surface area contributed by atoms with Crippen LogP contribution in [0.2, 0.25) is 0 Å². The number of nitrogens with zero attached hydrogens (tertiary/aromatic N) is 1. The topological polar surface area (TPSA) is 49.4 Å². The highest BCUT2D eigenvalue weighted by molar-refractivity contribution is 7.14. The molecule has 0 bridgehead atoms. The minimum absolute atomic E-state index is 0.0127. The summed E-state index contributed by atoms with van der Waals surface area (Å²) in [5, 5.41) is 2.84. The van der Waals surface area contributed by atoms with Crippen molar-refractivity contribution in [2.75, 3.05) is 13.1 Å². The Kier molecular flexibility index (Phi) is 5.39. The molecule has 21 heavy (non-hydrogen) atoms. The molecule has 2 amide bonds. The van der Waals surface area contributed by atoms with Crippen LogP contribution in [-0.4, -0.2) is 35.8 Å². The van der Waals surface area contributed by atoms with Gasteiger partial charge in [0, 0.05) is 18.0 Å². The maximum absolute atomic E-state index is 12.8. The van der Waals surface area contributed by atoms with Gasteiger partial charge in [-0.2, -0.15) is 0 Å². The second-order valence-corrected chi connectivity index (χ2v) is 6.51. The molecule has 1 N–H and O–H groups in total. The van der Waals surface area contributed by atoms with E-state index in [0.717, 1.165) is 24.1 Å². The van der Waals surface area contributed by atoms with Crippen LogP contribution in [0, 0.1) is 0 Å². The standard InChI is InChI=1S/C16H24N2O2S/c1-4-7-13-11(5-2)10-14(21-13)16(20)18-9-8-17-15(19)12(18)6-3/h10,12H,4-9H2,1-3H3,(H,17,19). The average Bonchev–Trinajstić information content (AvgIpc) is 2.89. The predicted octanol–water partition coefficient (Wildman–Crippen LogP) is 2.61. The third kappa shape index (κ3) is 3.28. The second kappa shape index (κ2) is 7.07. The highest BCUT2D eigenvalue weighted by Gasteiger charge is 2.32. The van der Waals surface area contributed by atoms with Crippen molar-refractivity contribution in [2.45, 2.75) is 52.5 Å². The van der Waals surface area contributed by atoms with Gasteiger partial charge in [0.05, 0.1) is 4.88 Å². The van der Waals surface area contributed by atoms with Gasteiger partial charge in [0.25, 0.3) is 5.91 Å². The molecule has 2 heterocycles. The summed E-state index contributed by atoms with van der Waals surface area (Å²) in [6.45, 7) is 7.38. The van der Waals surface area contributed by atoms with Crippen molar-refractivity contribution in [3.05, 3.63) is 21.4 Å². The Hall–Kier alpha value is -1.36. The zero-order valence-electron chi connectivity index (χ0n) is 13.1. The maximum Gasteiger partial charge on any atom is 0.264 e. The summed E-state index contributed by atoms with van der Waals surface area (Å²) in [5.41, 5.74) is 1.28. The van der Waals surface area contributed by atoms with Crippen molar-refractivity contribution in [3.8, 4) is 0 Å². The molecule has 1 aromatic rings. The number of amides is 2. The van der Waals surface area contributed by atoms with Crippen molar-refractivity contribution in [1.29, 1.82) is 0 Å². The molecule has 1 saturated heterocycles. The number of piperazine rings is 1. The highest BCUT2D eigenvalue weighted by atomic mass is 32.1. The largest absolute Gasteiger partial charge is 0.353 e. The fourth-order valence-corrected chi connectivity index (χ4v) is 4.13. The molecule has 1 aliphatic heterocycles. The molecule has 0 aliphatic carbocycles. The molecule has 0 spiro atoms. The van der Waals surface area contributed by atoms with Crippen LogP contribution in [0.25, 0.3) is 0 Å². The Morgan fingerprint density at radius 3 is 2.81 bits per heavy atom. The Bertz CT molecular complexity index is 524. The minimum atomic E-state index is -0.326. The zero-order chi connectivity index (χ0) is 15.4. The molecule has 0 aromatic carbocycles. The second-order valence-electron chi connectivity index (χ2n) is 5.38. The molecule has 5 heteroatoms. The van der Waals surface area contributed by atoms with E-state index >= 15 is 0 Å². The van der Waals surface area contributed by atoms with Gasteiger partial charge in [0.1, 0.15) is 6.04 Å². The smallest absolute Gasteiger partial charge is 0.264 e. The summed E-state index contributed by atoms with van der Waals surface area (Å²) in [4.78, 5) is 28.5. The van der Waals surface area contributed by atoms with Crippen LogP contribution >= 0.6 is 11.3 Å². The number of hydrogen-bond acceptors (Lipinski definition) is 3. The van der Waals surface area contributed by atoms with E-state index in [1.807, 2.05) is 13.0 Å². The molecule has 0 saturated carbocycles. The van der Waals surface area contributed by atoms with E-state index < -0.39 is 0 Å². The molecule has 1 aliphatic rings. The van der Waals surface area contributed by atoms with Gasteiger partial charge in [-0.25, -0.2) is 0 Å². The van der Waals surface area contributed by atoms with E-state index in [1.54, 1.807) is 16.2 Å². The van der Waals surface area contributed by atoms with Crippen LogP contribution in [0.4, 0.5) is 0 Å². The molecule has 116 valence electrons. The molecule has 1 fully saturated rings. The summed E-state index contributed by atoms with van der Waals surface area (Å²) in [6, 6.07) is 1.70. The number of nitrogens with one attached hydrogen (secondary N) is 1. The van der Waals surface area contributed by atoms with Crippen molar-refractivity contribution >= 4 is 23.2 Å². The van der Waals surface area contributed by atoms with Gasteiger partial charge in [-0.05, 0) is 30.9 Å². The van der Waals surface area contributed by atoms with E-state index in [-0.39, 0.29) is 17.9 Å². The van der Waals surface area contributed by atoms with Crippen LogP contribution in [0.15, 0.2) is 6.07 Å². The molecule has 1 aromatic heterocycles. The molecule has 2 rings (SSSR count). The summed E-state index contributed by atoms with van der Waals surface area (Å²) < 4.78 is 0. The lowest BCUT2D eigenvalue weighted by molar-refractivity contribution is -0.127. The maximum atomic E-state index is 12.8. The zero-order valence-corrected chi connectivity index (χ0v) is 13.9. The van der Waals surface area contributed by atoms with Gasteiger partial charge in [-0.15, -0.1) is 11.3 Å². The number of rotatable bonds is 5. The van der Waals surface area contributed by atoms with E-state index in [4.69, 9.17) is 0 Å². The van der Waals surface area contributed by atoms with Gasteiger partial charge in [0.2, 0.25) is 5.91 Å². The number of carbonyl (C=O) groups is 2. The van der Waals surface area contributed by atoms with Crippen LogP contribution < -0.4 is 5.32 Å². The van der Waals surface area contributed by atoms with Crippen molar-refractivity contribution in [1.82, 2.24) is 10.2 Å². The lowest BCUT2D eigenvalue weighted by Crippen LogP contribution is -2.56. The first kappa shape index (κ1) is 16.0. The lowest BCUT2D eigenvalue weighted by atomic mass is 10.1. The number of thiophene rings is 1. The lowest BCUT2D eigenvalue weighted by Gasteiger charge is -2.34. The number of aryl methyl sites for hydroxylation is 2. The van der Waals surface area contributed by atoms with Crippen LogP contribution in [0.1, 0.15) is 53.7 Å². The molecule has 1 unspecified atom stereocenters. The van der Waals surface area contributed by atoms with Crippen molar-refractivity contribution in [2.24, 2.45) is 0 Å². The van der Waals surface area contributed by atoms with Gasteiger partial charge in [0.15, 0.2) is 0 Å². The summed E-state index contributed by atoms with van der Waals surface area (Å²) in [5.74, 6) is -0.0168. The normalized spacial score (nSPS) is 18.7. The first-order chi connectivity index (χ1) is 10.1. The third-order valence-electron chi connectivity index (χ3n) is 3.94. The quantitative estimate of drug-likeness (QED) is 0.909. The Morgan fingerprint density at radius 2 is 2.19 bits per heavy atom. The monoisotopic (exact) mass is 308 g/mol. The molecule has 0 radical (unpaired) electrons. The fourth-order valence-electron chi connectivity index (χ4n) is 2.81. The van der Waals surface area contributed by atoms with E-state index in [2.05, 4.69) is 19.2 Å². The number of carbonyl (C=O) groups excluding carboxylic acids is 2. The van der Waals surface area contributed by atoms with Gasteiger partial charge in [-0.3, -0.25) is 9.59 Å². The fraction of sp³-hybridized carbons (Fsp3) is 0.625. The molecule has 1 atom stereocenters. The highest BCUT2D eigenvalue weighted by Crippen LogP contribution is 2.27. The minimum Gasteiger partial charge on any atom is -0.353 e. The summed E-state index contributed by atoms with van der Waals surface area (Å²) in [7, 11) is 0. The van der Waals surface area contributed by atoms with Crippen LogP contribution in [-0.2, 0) is 17.6 Å². The van der Waals surface area contributed by atoms with Crippen molar-refractivity contribution < 1.29 is 9.59 Å². The van der Waals surface area contributed by atoms with Crippen LogP contribution in [0.3, 0.4) is 0 Å². The van der Waals surface area contributed by atoms with E-state index in [9.17, 15) is 9.59 Å². The van der Waals surface area contributed by atoms with Crippen LogP contribution in [0.5, 0.6) is 0 Å². The Balaban J connectivity index is 2.24. The SMILES string of the molecule is CCCc1sc(C(=O)N2CCNC(=O)C2CC)cc1CC. The van der Waals surface area contributed by atoms with E-state index in [0.29, 0.717) is 19.5 Å². The predicted molar refractivity (Wildman–Crippen MR) is 85.8 cm³/mol.